The molecular weight excluding hydrogens is 260 g/mol. The van der Waals surface area contributed by atoms with E-state index in [-0.39, 0.29) is 17.7 Å². The average Bonchev–Trinajstić information content (AvgIpc) is 2.31. The van der Waals surface area contributed by atoms with Crippen molar-refractivity contribution in [3.63, 3.8) is 0 Å². The fourth-order valence-electron chi connectivity index (χ4n) is 1.81. The summed E-state index contributed by atoms with van der Waals surface area (Å²) in [4.78, 5) is 33.3. The van der Waals surface area contributed by atoms with Gasteiger partial charge in [-0.25, -0.2) is 4.79 Å². The van der Waals surface area contributed by atoms with Gasteiger partial charge in [0.1, 0.15) is 6.04 Å². The Labute approximate surface area is 120 Å². The molecule has 0 aliphatic rings. The average molecular weight is 286 g/mol. The van der Waals surface area contributed by atoms with E-state index in [1.807, 2.05) is 13.8 Å². The van der Waals surface area contributed by atoms with Crippen molar-refractivity contribution in [3.8, 4) is 0 Å². The van der Waals surface area contributed by atoms with E-state index in [4.69, 9.17) is 5.11 Å². The maximum atomic E-state index is 11.6. The minimum atomic E-state index is -0.988. The van der Waals surface area contributed by atoms with Crippen LogP contribution in [0.4, 0.5) is 0 Å². The Balaban J connectivity index is 3.80. The number of carboxylic acids is 1. The Hall–Kier alpha value is -1.59. The van der Waals surface area contributed by atoms with E-state index in [0.717, 1.165) is 12.8 Å². The van der Waals surface area contributed by atoms with Gasteiger partial charge in [-0.3, -0.25) is 9.59 Å². The Kier molecular flexibility index (Phi) is 9.41. The maximum Gasteiger partial charge on any atom is 0.326 e. The Morgan fingerprint density at radius 3 is 2.25 bits per heavy atom. The second-order valence-electron chi connectivity index (χ2n) is 5.38. The standard InChI is InChI=1S/C14H26N2O4/c1-10(2)9-12(14(19)20)16-13(18)7-5-4-6-8-15-11(3)17/h10,12H,4-9H2,1-3H3,(H,15,17)(H,16,18)(H,19,20)/t12-/m0/s1. The van der Waals surface area contributed by atoms with Crippen LogP contribution < -0.4 is 10.6 Å². The van der Waals surface area contributed by atoms with Gasteiger partial charge in [-0.15, -0.1) is 0 Å². The van der Waals surface area contributed by atoms with Gasteiger partial charge in [0.2, 0.25) is 11.8 Å². The first-order valence-corrected chi connectivity index (χ1v) is 7.09. The first-order chi connectivity index (χ1) is 9.32. The van der Waals surface area contributed by atoms with Crippen LogP contribution in [-0.4, -0.2) is 35.5 Å². The fraction of sp³-hybridized carbons (Fsp3) is 0.786. The Morgan fingerprint density at radius 2 is 1.75 bits per heavy atom. The van der Waals surface area contributed by atoms with Crippen LogP contribution in [0.5, 0.6) is 0 Å². The number of hydrogen-bond acceptors (Lipinski definition) is 3. The number of carboxylic acid groups (broad SMARTS) is 1. The number of aliphatic carboxylic acids is 1. The number of amides is 2. The molecule has 6 heteroatoms. The topological polar surface area (TPSA) is 95.5 Å². The van der Waals surface area contributed by atoms with Crippen LogP contribution in [0.15, 0.2) is 0 Å². The van der Waals surface area contributed by atoms with Gasteiger partial charge in [0.25, 0.3) is 0 Å². The predicted octanol–water partition coefficient (Wildman–Crippen LogP) is 1.30. The lowest BCUT2D eigenvalue weighted by atomic mass is 10.0. The zero-order valence-corrected chi connectivity index (χ0v) is 12.6. The summed E-state index contributed by atoms with van der Waals surface area (Å²) in [5, 5.41) is 14.2. The van der Waals surface area contributed by atoms with Crippen molar-refractivity contribution < 1.29 is 19.5 Å². The third-order valence-corrected chi connectivity index (χ3v) is 2.79. The first kappa shape index (κ1) is 18.4. The van der Waals surface area contributed by atoms with E-state index in [1.54, 1.807) is 0 Å². The third-order valence-electron chi connectivity index (χ3n) is 2.79. The van der Waals surface area contributed by atoms with Crippen molar-refractivity contribution in [2.75, 3.05) is 6.54 Å². The van der Waals surface area contributed by atoms with Crippen LogP contribution in [0.25, 0.3) is 0 Å². The van der Waals surface area contributed by atoms with Gasteiger partial charge in [0.05, 0.1) is 0 Å². The zero-order valence-electron chi connectivity index (χ0n) is 12.6. The number of rotatable bonds is 10. The lowest BCUT2D eigenvalue weighted by molar-refractivity contribution is -0.142. The molecule has 20 heavy (non-hydrogen) atoms. The Morgan fingerprint density at radius 1 is 1.10 bits per heavy atom. The summed E-state index contributed by atoms with van der Waals surface area (Å²) < 4.78 is 0. The predicted molar refractivity (Wildman–Crippen MR) is 76.2 cm³/mol. The maximum absolute atomic E-state index is 11.6. The van der Waals surface area contributed by atoms with Crippen molar-refractivity contribution in [2.24, 2.45) is 5.92 Å². The van der Waals surface area contributed by atoms with Crippen LogP contribution >= 0.6 is 0 Å². The molecule has 0 aliphatic carbocycles. The summed E-state index contributed by atoms with van der Waals surface area (Å²) in [5.74, 6) is -1.05. The molecule has 0 unspecified atom stereocenters. The summed E-state index contributed by atoms with van der Waals surface area (Å²) >= 11 is 0. The molecule has 0 radical (unpaired) electrons. The van der Waals surface area contributed by atoms with E-state index in [1.165, 1.54) is 6.92 Å². The van der Waals surface area contributed by atoms with E-state index < -0.39 is 12.0 Å². The number of carbonyl (C=O) groups is 3. The molecule has 0 saturated carbocycles. The lowest BCUT2D eigenvalue weighted by Crippen LogP contribution is -2.41. The van der Waals surface area contributed by atoms with Gasteiger partial charge < -0.3 is 15.7 Å². The number of nitrogens with one attached hydrogen (secondary N) is 2. The molecule has 0 heterocycles. The van der Waals surface area contributed by atoms with Crippen LogP contribution in [0.2, 0.25) is 0 Å². The second-order valence-corrected chi connectivity index (χ2v) is 5.38. The highest BCUT2D eigenvalue weighted by atomic mass is 16.4. The minimum Gasteiger partial charge on any atom is -0.480 e. The molecule has 0 saturated heterocycles. The van der Waals surface area contributed by atoms with Gasteiger partial charge in [-0.05, 0) is 25.2 Å². The molecule has 0 fully saturated rings. The molecule has 0 rings (SSSR count). The molecular formula is C14H26N2O4. The number of hydrogen-bond donors (Lipinski definition) is 3. The smallest absolute Gasteiger partial charge is 0.326 e. The third kappa shape index (κ3) is 10.3. The van der Waals surface area contributed by atoms with Crippen molar-refractivity contribution in [2.45, 2.75) is 58.9 Å². The van der Waals surface area contributed by atoms with E-state index in [0.29, 0.717) is 25.8 Å². The summed E-state index contributed by atoms with van der Waals surface area (Å²) in [5.41, 5.74) is 0. The van der Waals surface area contributed by atoms with Gasteiger partial charge in [-0.1, -0.05) is 20.3 Å². The van der Waals surface area contributed by atoms with Crippen LogP contribution in [0.1, 0.15) is 52.9 Å². The Bertz CT molecular complexity index is 329. The molecule has 0 bridgehead atoms. The number of unbranched alkanes of at least 4 members (excludes halogenated alkanes) is 2. The highest BCUT2D eigenvalue weighted by molar-refractivity contribution is 5.83. The molecule has 0 spiro atoms. The molecule has 3 N–H and O–H groups in total. The van der Waals surface area contributed by atoms with Gasteiger partial charge in [-0.2, -0.15) is 0 Å². The van der Waals surface area contributed by atoms with Gasteiger partial charge in [0, 0.05) is 19.9 Å². The first-order valence-electron chi connectivity index (χ1n) is 7.09. The highest BCUT2D eigenvalue weighted by Crippen LogP contribution is 2.06. The zero-order chi connectivity index (χ0) is 15.5. The van der Waals surface area contributed by atoms with Crippen LogP contribution in [0.3, 0.4) is 0 Å². The van der Waals surface area contributed by atoms with Crippen LogP contribution in [0, 0.1) is 5.92 Å². The molecule has 116 valence electrons. The van der Waals surface area contributed by atoms with Crippen LogP contribution in [-0.2, 0) is 14.4 Å². The largest absolute Gasteiger partial charge is 0.480 e. The minimum absolute atomic E-state index is 0.0549. The van der Waals surface area contributed by atoms with Crippen molar-refractivity contribution in [1.29, 1.82) is 0 Å². The summed E-state index contributed by atoms with van der Waals surface area (Å²) in [7, 11) is 0. The highest BCUT2D eigenvalue weighted by Gasteiger charge is 2.20. The van der Waals surface area contributed by atoms with Gasteiger partial charge in [0.15, 0.2) is 0 Å². The lowest BCUT2D eigenvalue weighted by Gasteiger charge is -2.16. The molecule has 6 nitrogen and oxygen atoms in total. The quantitative estimate of drug-likeness (QED) is 0.527. The monoisotopic (exact) mass is 286 g/mol. The van der Waals surface area contributed by atoms with Crippen molar-refractivity contribution >= 4 is 17.8 Å². The van der Waals surface area contributed by atoms with Crippen molar-refractivity contribution in [3.05, 3.63) is 0 Å². The molecule has 0 aromatic carbocycles. The number of carbonyl (C=O) groups excluding carboxylic acids is 2. The normalized spacial score (nSPS) is 12.0. The van der Waals surface area contributed by atoms with Gasteiger partial charge >= 0.3 is 5.97 Å². The van der Waals surface area contributed by atoms with E-state index >= 15 is 0 Å². The fourth-order valence-corrected chi connectivity index (χ4v) is 1.81. The summed E-state index contributed by atoms with van der Waals surface area (Å²) in [6, 6.07) is -0.804. The van der Waals surface area contributed by atoms with E-state index in [2.05, 4.69) is 10.6 Å². The molecule has 0 aromatic heterocycles. The van der Waals surface area contributed by atoms with Crippen molar-refractivity contribution in [1.82, 2.24) is 10.6 Å². The SMILES string of the molecule is CC(=O)NCCCCCC(=O)N[C@@H](CC(C)C)C(=O)O. The van der Waals surface area contributed by atoms with E-state index in [9.17, 15) is 14.4 Å². The molecule has 2 amide bonds. The molecule has 0 aliphatic heterocycles. The summed E-state index contributed by atoms with van der Waals surface area (Å²) in [6.07, 6.45) is 3.10. The molecule has 0 aromatic rings. The molecule has 1 atom stereocenters. The summed E-state index contributed by atoms with van der Waals surface area (Å²) in [6.45, 7) is 5.92. The second kappa shape index (κ2) is 10.2.